The highest BCUT2D eigenvalue weighted by Gasteiger charge is 2.33. The van der Waals surface area contributed by atoms with Gasteiger partial charge in [-0.05, 0) is 36.8 Å². The summed E-state index contributed by atoms with van der Waals surface area (Å²) in [5.74, 6) is -0.817. The van der Waals surface area contributed by atoms with Gasteiger partial charge in [-0.15, -0.1) is 11.3 Å². The van der Waals surface area contributed by atoms with Gasteiger partial charge in [-0.25, -0.2) is 0 Å². The van der Waals surface area contributed by atoms with Gasteiger partial charge in [0.2, 0.25) is 5.91 Å². The normalized spacial score (nSPS) is 23.4. The Morgan fingerprint density at radius 2 is 2.30 bits per heavy atom. The van der Waals surface area contributed by atoms with Crippen LogP contribution in [0.4, 0.5) is 0 Å². The highest BCUT2D eigenvalue weighted by atomic mass is 32.1. The number of amides is 1. The lowest BCUT2D eigenvalue weighted by Gasteiger charge is -2.21. The third-order valence-corrected chi connectivity index (χ3v) is 4.87. The molecule has 1 heterocycles. The zero-order valence-electron chi connectivity index (χ0n) is 11.2. The summed E-state index contributed by atoms with van der Waals surface area (Å²) in [6.07, 6.45) is 2.75. The molecular weight excluding hydrogens is 276 g/mol. The van der Waals surface area contributed by atoms with E-state index in [1.165, 1.54) is 11.3 Å². The van der Waals surface area contributed by atoms with Crippen LogP contribution in [0.1, 0.15) is 36.6 Å². The maximum absolute atomic E-state index is 12.3. The van der Waals surface area contributed by atoms with Crippen LogP contribution < -0.4 is 11.1 Å². The van der Waals surface area contributed by atoms with Crippen molar-refractivity contribution in [2.45, 2.75) is 31.7 Å². The highest BCUT2D eigenvalue weighted by Crippen LogP contribution is 2.32. The largest absolute Gasteiger partial charge is 0.481 e. The molecule has 1 aromatic heterocycles. The van der Waals surface area contributed by atoms with E-state index < -0.39 is 12.0 Å². The molecule has 1 aliphatic carbocycles. The lowest BCUT2D eigenvalue weighted by molar-refractivity contribution is -0.138. The van der Waals surface area contributed by atoms with Gasteiger partial charge in [0.15, 0.2) is 0 Å². The number of carboxylic acids is 1. The van der Waals surface area contributed by atoms with E-state index in [1.807, 2.05) is 17.5 Å². The van der Waals surface area contributed by atoms with E-state index in [0.29, 0.717) is 6.54 Å². The monoisotopic (exact) mass is 296 g/mol. The Balaban J connectivity index is 2.04. The lowest BCUT2D eigenvalue weighted by Crippen LogP contribution is -2.37. The zero-order chi connectivity index (χ0) is 14.5. The van der Waals surface area contributed by atoms with E-state index in [1.54, 1.807) is 0 Å². The van der Waals surface area contributed by atoms with Gasteiger partial charge < -0.3 is 16.2 Å². The number of hydrogen-bond donors (Lipinski definition) is 3. The molecular formula is C14H20N2O3S. The number of rotatable bonds is 6. The molecule has 1 saturated carbocycles. The van der Waals surface area contributed by atoms with Gasteiger partial charge in [-0.2, -0.15) is 0 Å². The van der Waals surface area contributed by atoms with Crippen molar-refractivity contribution in [3.8, 4) is 0 Å². The molecule has 1 fully saturated rings. The zero-order valence-corrected chi connectivity index (χ0v) is 12.1. The Morgan fingerprint density at radius 1 is 1.50 bits per heavy atom. The fourth-order valence-electron chi connectivity index (χ4n) is 2.83. The average Bonchev–Trinajstić information content (AvgIpc) is 3.08. The van der Waals surface area contributed by atoms with Crippen LogP contribution in [-0.4, -0.2) is 23.5 Å². The highest BCUT2D eigenvalue weighted by molar-refractivity contribution is 7.10. The van der Waals surface area contributed by atoms with Gasteiger partial charge in [0, 0.05) is 10.8 Å². The predicted octanol–water partition coefficient (Wildman–Crippen LogP) is 1.76. The van der Waals surface area contributed by atoms with E-state index in [9.17, 15) is 9.59 Å². The summed E-state index contributed by atoms with van der Waals surface area (Å²) >= 11 is 1.46. The number of aliphatic carboxylic acids is 1. The molecule has 0 bridgehead atoms. The van der Waals surface area contributed by atoms with Crippen molar-refractivity contribution in [1.82, 2.24) is 5.32 Å². The maximum Gasteiger partial charge on any atom is 0.305 e. The van der Waals surface area contributed by atoms with Crippen LogP contribution in [0.3, 0.4) is 0 Å². The minimum Gasteiger partial charge on any atom is -0.481 e. The summed E-state index contributed by atoms with van der Waals surface area (Å²) in [4.78, 5) is 24.2. The third-order valence-electron chi connectivity index (χ3n) is 3.88. The molecule has 20 heavy (non-hydrogen) atoms. The molecule has 6 heteroatoms. The molecule has 0 aromatic carbocycles. The molecule has 1 amide bonds. The van der Waals surface area contributed by atoms with E-state index in [2.05, 4.69) is 5.32 Å². The van der Waals surface area contributed by atoms with Crippen LogP contribution in [0.2, 0.25) is 0 Å². The van der Waals surface area contributed by atoms with Crippen LogP contribution in [0.5, 0.6) is 0 Å². The first-order chi connectivity index (χ1) is 9.61. The molecule has 0 aliphatic heterocycles. The van der Waals surface area contributed by atoms with Gasteiger partial charge in [0.05, 0.1) is 12.5 Å². The summed E-state index contributed by atoms with van der Waals surface area (Å²) < 4.78 is 0. The Kier molecular flexibility index (Phi) is 5.14. The Morgan fingerprint density at radius 3 is 2.90 bits per heavy atom. The molecule has 0 spiro atoms. The van der Waals surface area contributed by atoms with Crippen LogP contribution in [-0.2, 0) is 9.59 Å². The Labute approximate surface area is 122 Å². The maximum atomic E-state index is 12.3. The van der Waals surface area contributed by atoms with Crippen molar-refractivity contribution in [2.75, 3.05) is 6.54 Å². The smallest absolute Gasteiger partial charge is 0.305 e. The van der Waals surface area contributed by atoms with Gasteiger partial charge in [-0.1, -0.05) is 12.5 Å². The summed E-state index contributed by atoms with van der Waals surface area (Å²) in [7, 11) is 0. The minimum absolute atomic E-state index is 0.0578. The Bertz CT molecular complexity index is 461. The molecule has 1 aromatic rings. The molecule has 0 radical (unpaired) electrons. The number of nitrogens with two attached hydrogens (primary N) is 1. The Hall–Kier alpha value is -1.40. The van der Waals surface area contributed by atoms with Gasteiger partial charge in [-0.3, -0.25) is 9.59 Å². The van der Waals surface area contributed by atoms with Crippen LogP contribution in [0, 0.1) is 11.8 Å². The van der Waals surface area contributed by atoms with Gasteiger partial charge in [0.1, 0.15) is 0 Å². The molecule has 1 aliphatic rings. The summed E-state index contributed by atoms with van der Waals surface area (Å²) in [6.45, 7) is 0.515. The first kappa shape index (κ1) is 15.0. The number of carboxylic acid groups (broad SMARTS) is 1. The molecule has 5 nitrogen and oxygen atoms in total. The average molecular weight is 296 g/mol. The molecule has 3 atom stereocenters. The van der Waals surface area contributed by atoms with Crippen LogP contribution in [0.25, 0.3) is 0 Å². The second-order valence-corrected chi connectivity index (χ2v) is 6.19. The first-order valence-corrected chi connectivity index (χ1v) is 7.75. The number of nitrogens with one attached hydrogen (secondary N) is 1. The fourth-order valence-corrected chi connectivity index (χ4v) is 3.61. The molecule has 3 unspecified atom stereocenters. The van der Waals surface area contributed by atoms with E-state index in [4.69, 9.17) is 10.8 Å². The van der Waals surface area contributed by atoms with Gasteiger partial charge in [0.25, 0.3) is 0 Å². The van der Waals surface area contributed by atoms with E-state index >= 15 is 0 Å². The number of thiophene rings is 1. The number of carbonyl (C=O) groups is 2. The molecule has 2 rings (SSSR count). The second kappa shape index (κ2) is 6.85. The molecule has 4 N–H and O–H groups in total. The summed E-state index contributed by atoms with van der Waals surface area (Å²) in [5.41, 5.74) is 5.70. The topological polar surface area (TPSA) is 92.4 Å². The number of hydrogen-bond acceptors (Lipinski definition) is 4. The van der Waals surface area contributed by atoms with Crippen molar-refractivity contribution in [2.24, 2.45) is 17.6 Å². The lowest BCUT2D eigenvalue weighted by atomic mass is 9.95. The second-order valence-electron chi connectivity index (χ2n) is 5.21. The quantitative estimate of drug-likeness (QED) is 0.745. The standard InChI is InChI=1S/C14H20N2O3S/c15-8-9-3-1-4-10(9)14(19)16-11(7-13(17)18)12-5-2-6-20-12/h2,5-6,9-11H,1,3-4,7-8,15H2,(H,16,19)(H,17,18). The van der Waals surface area contributed by atoms with Crippen molar-refractivity contribution < 1.29 is 14.7 Å². The van der Waals surface area contributed by atoms with Crippen molar-refractivity contribution in [3.63, 3.8) is 0 Å². The van der Waals surface area contributed by atoms with E-state index in [0.717, 1.165) is 24.1 Å². The van der Waals surface area contributed by atoms with E-state index in [-0.39, 0.29) is 24.2 Å². The van der Waals surface area contributed by atoms with Crippen molar-refractivity contribution >= 4 is 23.2 Å². The third kappa shape index (κ3) is 3.58. The summed E-state index contributed by atoms with van der Waals surface area (Å²) in [5, 5.41) is 13.8. The summed E-state index contributed by atoms with van der Waals surface area (Å²) in [6, 6.07) is 3.27. The number of carbonyl (C=O) groups excluding carboxylic acids is 1. The van der Waals surface area contributed by atoms with Crippen molar-refractivity contribution in [1.29, 1.82) is 0 Å². The minimum atomic E-state index is -0.912. The SMILES string of the molecule is NCC1CCCC1C(=O)NC(CC(=O)O)c1cccs1. The first-order valence-electron chi connectivity index (χ1n) is 6.87. The predicted molar refractivity (Wildman–Crippen MR) is 77.3 cm³/mol. The molecule has 0 saturated heterocycles. The fraction of sp³-hybridized carbons (Fsp3) is 0.571. The molecule has 110 valence electrons. The van der Waals surface area contributed by atoms with Gasteiger partial charge >= 0.3 is 5.97 Å². The van der Waals surface area contributed by atoms with Crippen LogP contribution >= 0.6 is 11.3 Å². The van der Waals surface area contributed by atoms with Crippen molar-refractivity contribution in [3.05, 3.63) is 22.4 Å². The van der Waals surface area contributed by atoms with Crippen LogP contribution in [0.15, 0.2) is 17.5 Å².